The van der Waals surface area contributed by atoms with Crippen molar-refractivity contribution in [3.63, 3.8) is 0 Å². The minimum Gasteiger partial charge on any atom is -0.494 e. The molecule has 0 atom stereocenters. The van der Waals surface area contributed by atoms with Crippen LogP contribution in [-0.4, -0.2) is 28.3 Å². The highest BCUT2D eigenvalue weighted by Gasteiger charge is 2.56. The van der Waals surface area contributed by atoms with E-state index in [2.05, 4.69) is 0 Å². The summed E-state index contributed by atoms with van der Waals surface area (Å²) >= 11 is 0. The molecule has 164 valence electrons. The lowest BCUT2D eigenvalue weighted by Gasteiger charge is -2.34. The van der Waals surface area contributed by atoms with Crippen molar-refractivity contribution in [1.82, 2.24) is 4.48 Å². The van der Waals surface area contributed by atoms with Gasteiger partial charge in [-0.15, -0.1) is 0 Å². The minimum atomic E-state index is -3.98. The highest BCUT2D eigenvalue weighted by Crippen LogP contribution is 2.47. The summed E-state index contributed by atoms with van der Waals surface area (Å²) in [4.78, 5) is 0. The Morgan fingerprint density at radius 3 is 2.16 bits per heavy atom. The van der Waals surface area contributed by atoms with E-state index in [1.54, 1.807) is 0 Å². The van der Waals surface area contributed by atoms with Gasteiger partial charge < -0.3 is 22.3 Å². The number of fused-ring (bicyclic) bond motifs is 2. The second-order valence-electron chi connectivity index (χ2n) is 8.44. The number of allylic oxidation sites excluding steroid dienone is 2. The molecule has 0 saturated heterocycles. The molecule has 0 aliphatic carbocycles. The molecule has 0 radical (unpaired) electrons. The largest absolute Gasteiger partial charge is 0.737 e. The fourth-order valence-electron chi connectivity index (χ4n) is 5.64. The lowest BCUT2D eigenvalue weighted by atomic mass is 9.83. The van der Waals surface area contributed by atoms with E-state index in [0.717, 1.165) is 52.0 Å². The van der Waals surface area contributed by atoms with Crippen LogP contribution in [0.15, 0.2) is 41.1 Å². The molecule has 0 saturated carbocycles. The van der Waals surface area contributed by atoms with Crippen LogP contribution >= 0.6 is 0 Å². The maximum Gasteiger partial charge on any atom is 0.737 e. The monoisotopic (exact) mass is 424 g/mol. The normalized spacial score (nSPS) is 17.5. The van der Waals surface area contributed by atoms with Crippen LogP contribution in [0.5, 0.6) is 5.75 Å². The van der Waals surface area contributed by atoms with Gasteiger partial charge in [-0.1, -0.05) is 26.0 Å². The number of benzene rings is 1. The van der Waals surface area contributed by atoms with Crippen LogP contribution in [0.2, 0.25) is 0 Å². The maximum absolute atomic E-state index is 16.2. The van der Waals surface area contributed by atoms with Gasteiger partial charge in [-0.2, -0.15) is 0 Å². The molecule has 2 aliphatic heterocycles. The average molecular weight is 424 g/mol. The molecule has 0 bridgehead atoms. The zero-order valence-electron chi connectivity index (χ0n) is 19.6. The first-order chi connectivity index (χ1) is 14.7. The van der Waals surface area contributed by atoms with Gasteiger partial charge in [0.25, 0.3) is 0 Å². The van der Waals surface area contributed by atoms with E-state index in [1.165, 1.54) is 8.96 Å². The number of hydrogen-bond donors (Lipinski definition) is 0. The van der Waals surface area contributed by atoms with Crippen molar-refractivity contribution in [2.75, 3.05) is 6.61 Å². The molecule has 0 N–H and O–H groups in total. The zero-order chi connectivity index (χ0) is 22.7. The summed E-state index contributed by atoms with van der Waals surface area (Å²) in [5.74, 6) is 0.785. The van der Waals surface area contributed by atoms with Gasteiger partial charge in [-0.3, -0.25) is 0 Å². The van der Waals surface area contributed by atoms with Gasteiger partial charge in [-0.25, -0.2) is 0 Å². The van der Waals surface area contributed by atoms with Crippen molar-refractivity contribution >= 4 is 18.3 Å². The third-order valence-corrected chi connectivity index (χ3v) is 6.95. The lowest BCUT2D eigenvalue weighted by Crippen LogP contribution is -2.51. The highest BCUT2D eigenvalue weighted by atomic mass is 19.2. The molecule has 0 fully saturated rings. The molecule has 3 nitrogen and oxygen atoms in total. The van der Waals surface area contributed by atoms with Gasteiger partial charge in [-0.05, 0) is 75.1 Å². The Kier molecular flexibility index (Phi) is 5.23. The van der Waals surface area contributed by atoms with E-state index < -0.39 is 6.97 Å². The summed E-state index contributed by atoms with van der Waals surface area (Å²) in [6.45, 7) is 10.3. The predicted molar refractivity (Wildman–Crippen MR) is 124 cm³/mol. The number of ether oxygens (including phenoxy) is 1. The smallest absolute Gasteiger partial charge is 0.494 e. The number of nitrogens with zero attached hydrogens (tertiary/aromatic N) is 2. The van der Waals surface area contributed by atoms with Crippen molar-refractivity contribution in [3.8, 4) is 5.75 Å². The van der Waals surface area contributed by atoms with Gasteiger partial charge in [0.15, 0.2) is 5.70 Å². The van der Waals surface area contributed by atoms with Crippen LogP contribution in [0.3, 0.4) is 0 Å². The molecular weight excluding hydrogens is 393 g/mol. The highest BCUT2D eigenvalue weighted by molar-refractivity contribution is 6.58. The second-order valence-corrected chi connectivity index (χ2v) is 8.44. The number of halogens is 2. The summed E-state index contributed by atoms with van der Waals surface area (Å²) in [6.07, 6.45) is 1.46. The number of rotatable bonds is 5. The van der Waals surface area contributed by atoms with Crippen molar-refractivity contribution < 1.29 is 17.9 Å². The summed E-state index contributed by atoms with van der Waals surface area (Å²) < 4.78 is 40.6. The topological polar surface area (TPSA) is 17.2 Å². The average Bonchev–Trinajstić information content (AvgIpc) is 3.14. The Morgan fingerprint density at radius 1 is 0.968 bits per heavy atom. The molecule has 2 aliphatic rings. The van der Waals surface area contributed by atoms with E-state index in [1.807, 2.05) is 72.7 Å². The molecule has 3 heterocycles. The number of hydrogen-bond acceptors (Lipinski definition) is 1. The van der Waals surface area contributed by atoms with E-state index in [-0.39, 0.29) is 0 Å². The van der Waals surface area contributed by atoms with Gasteiger partial charge in [0.1, 0.15) is 11.5 Å². The first kappa shape index (κ1) is 21.6. The Morgan fingerprint density at radius 2 is 1.61 bits per heavy atom. The van der Waals surface area contributed by atoms with Crippen molar-refractivity contribution in [1.29, 1.82) is 0 Å². The van der Waals surface area contributed by atoms with E-state index in [9.17, 15) is 0 Å². The molecule has 1 aromatic heterocycles. The zero-order valence-corrected chi connectivity index (χ0v) is 19.6. The molecule has 2 aromatic rings. The third-order valence-electron chi connectivity index (χ3n) is 6.95. The molecule has 6 heteroatoms. The van der Waals surface area contributed by atoms with Crippen molar-refractivity contribution in [2.45, 2.75) is 61.3 Å². The molecule has 0 spiro atoms. The molecule has 4 rings (SSSR count). The van der Waals surface area contributed by atoms with Crippen LogP contribution in [0, 0.1) is 13.8 Å². The molecule has 31 heavy (non-hydrogen) atoms. The fraction of sp³-hybridized carbons (Fsp3) is 0.400. The van der Waals surface area contributed by atoms with Crippen molar-refractivity contribution in [2.24, 2.45) is 0 Å². The quantitative estimate of drug-likeness (QED) is 0.517. The van der Waals surface area contributed by atoms with E-state index >= 15 is 8.63 Å². The Hall–Kier alpha value is -2.63. The molecule has 1 aromatic carbocycles. The molecular formula is C25H31BF2N2O. The molecule has 0 amide bonds. The number of aromatic nitrogens is 1. The Labute approximate surface area is 183 Å². The predicted octanol–water partition coefficient (Wildman–Crippen LogP) is 6.28. The van der Waals surface area contributed by atoms with Gasteiger partial charge in [0.2, 0.25) is 0 Å². The Bertz CT molecular complexity index is 1170. The van der Waals surface area contributed by atoms with E-state index in [0.29, 0.717) is 29.4 Å². The second kappa shape index (κ2) is 7.50. The van der Waals surface area contributed by atoms with Crippen LogP contribution in [0.1, 0.15) is 69.1 Å². The molecule has 0 unspecified atom stereocenters. The third kappa shape index (κ3) is 2.87. The lowest BCUT2D eigenvalue weighted by molar-refractivity contribution is -0.363. The van der Waals surface area contributed by atoms with E-state index in [4.69, 9.17) is 4.74 Å². The summed E-state index contributed by atoms with van der Waals surface area (Å²) in [6, 6.07) is 7.84. The van der Waals surface area contributed by atoms with Crippen LogP contribution < -0.4 is 4.74 Å². The summed E-state index contributed by atoms with van der Waals surface area (Å²) in [5, 5.41) is 0. The first-order valence-electron chi connectivity index (χ1n) is 11.2. The summed E-state index contributed by atoms with van der Waals surface area (Å²) in [7, 11) is 0. The van der Waals surface area contributed by atoms with Gasteiger partial charge in [0, 0.05) is 23.8 Å². The SMILES string of the molecule is CCOc1ccc(C2=C3C(C)=C(CC)C(C)=[N+]3[B-](F)(F)n3c(C)c(CC)c(C)c32)cc1. The fourth-order valence-corrected chi connectivity index (χ4v) is 5.64. The van der Waals surface area contributed by atoms with Crippen molar-refractivity contribution in [3.05, 3.63) is 69.2 Å². The van der Waals surface area contributed by atoms with Crippen LogP contribution in [0.4, 0.5) is 8.63 Å². The summed E-state index contributed by atoms with van der Waals surface area (Å²) in [5.41, 5.74) is 8.38. The maximum atomic E-state index is 16.2. The van der Waals surface area contributed by atoms with Crippen LogP contribution in [-0.2, 0) is 6.42 Å². The van der Waals surface area contributed by atoms with Gasteiger partial charge in [0.05, 0.1) is 12.2 Å². The Balaban J connectivity index is 2.13. The van der Waals surface area contributed by atoms with Gasteiger partial charge >= 0.3 is 6.97 Å². The minimum absolute atomic E-state index is 0.590. The van der Waals surface area contributed by atoms with Crippen LogP contribution in [0.25, 0.3) is 5.57 Å². The first-order valence-corrected chi connectivity index (χ1v) is 11.2. The standard InChI is InChI=1S/C25H31BF2N2O/c1-8-21-15(4)24-23(19-11-13-20(14-12-19)31-10-3)25-16(5)22(9-2)18(7)30(25)26(27,28)29(24)17(21)6/h11-14H,8-10H2,1-7H3.